The van der Waals surface area contributed by atoms with Gasteiger partial charge in [0.15, 0.2) is 0 Å². The quantitative estimate of drug-likeness (QED) is 0.324. The molecule has 6 heteroatoms. The minimum Gasteiger partial charge on any atom is -0.469 e. The van der Waals surface area contributed by atoms with Crippen LogP contribution in [0.25, 0.3) is 0 Å². The molecule has 0 aliphatic carbocycles. The van der Waals surface area contributed by atoms with E-state index in [2.05, 4.69) is 32.6 Å². The van der Waals surface area contributed by atoms with Crippen LogP contribution < -0.4 is 5.23 Å². The van der Waals surface area contributed by atoms with Gasteiger partial charge < -0.3 is 15.0 Å². The van der Waals surface area contributed by atoms with Gasteiger partial charge in [-0.1, -0.05) is 22.6 Å². The van der Waals surface area contributed by atoms with Crippen LogP contribution >= 0.6 is 22.6 Å². The molecule has 0 bridgehead atoms. The highest BCUT2D eigenvalue weighted by Crippen LogP contribution is 1.99. The second-order valence-electron chi connectivity index (χ2n) is 2.47. The molecule has 0 radical (unpaired) electrons. The van der Waals surface area contributed by atoms with E-state index in [1.807, 2.05) is 0 Å². The summed E-state index contributed by atoms with van der Waals surface area (Å²) in [4.78, 5) is 10.8. The molecule has 0 aromatic carbocycles. The van der Waals surface area contributed by atoms with Gasteiger partial charge in [0.25, 0.3) is 0 Å². The number of hydrogen-bond donors (Lipinski definition) is 2. The van der Waals surface area contributed by atoms with Crippen molar-refractivity contribution in [1.29, 1.82) is 0 Å². The smallest absolute Gasteiger partial charge is 0.373 e. The Morgan fingerprint density at radius 3 is 2.75 bits per heavy atom. The van der Waals surface area contributed by atoms with E-state index in [0.29, 0.717) is 6.42 Å². The lowest BCUT2D eigenvalue weighted by molar-refractivity contribution is -0.140. The standard InChI is InChI=1S/C6H13BINO3/c1-7(11)9-5(4-8)3-6(10)12-2/h5,9,11H,3-4H2,1-2H3/t5-/m0/s1. The zero-order chi connectivity index (χ0) is 9.56. The predicted octanol–water partition coefficient (Wildman–Crippen LogP) is 0.0530. The monoisotopic (exact) mass is 285 g/mol. The first-order valence-electron chi connectivity index (χ1n) is 3.67. The van der Waals surface area contributed by atoms with Crippen LogP contribution in [0.15, 0.2) is 0 Å². The van der Waals surface area contributed by atoms with Gasteiger partial charge in [-0.2, -0.15) is 0 Å². The first kappa shape index (κ1) is 12.2. The molecule has 0 aromatic heterocycles. The van der Waals surface area contributed by atoms with Gasteiger partial charge in [0, 0.05) is 10.5 Å². The van der Waals surface area contributed by atoms with Crippen molar-refractivity contribution in [3.05, 3.63) is 0 Å². The third-order valence-corrected chi connectivity index (χ3v) is 2.37. The van der Waals surface area contributed by atoms with E-state index in [1.165, 1.54) is 7.11 Å². The van der Waals surface area contributed by atoms with Crippen LogP contribution in [0.1, 0.15) is 6.42 Å². The Morgan fingerprint density at radius 1 is 1.83 bits per heavy atom. The lowest BCUT2D eigenvalue weighted by atomic mass is 9.87. The van der Waals surface area contributed by atoms with Gasteiger partial charge in [0.2, 0.25) is 0 Å². The number of halogens is 1. The van der Waals surface area contributed by atoms with Crippen LogP contribution in [0.4, 0.5) is 0 Å². The molecule has 0 saturated heterocycles. The van der Waals surface area contributed by atoms with E-state index in [9.17, 15) is 4.79 Å². The van der Waals surface area contributed by atoms with Crippen LogP contribution in [-0.4, -0.2) is 35.6 Å². The molecule has 0 saturated carbocycles. The highest BCUT2D eigenvalue weighted by Gasteiger charge is 2.15. The lowest BCUT2D eigenvalue weighted by Crippen LogP contribution is -2.42. The van der Waals surface area contributed by atoms with Crippen molar-refractivity contribution < 1.29 is 14.6 Å². The summed E-state index contributed by atoms with van der Waals surface area (Å²) in [7, 11) is 0.768. The van der Waals surface area contributed by atoms with E-state index in [0.717, 1.165) is 4.43 Å². The van der Waals surface area contributed by atoms with Gasteiger partial charge in [-0.05, 0) is 6.82 Å². The average Bonchev–Trinajstić information content (AvgIpc) is 2.02. The van der Waals surface area contributed by atoms with Gasteiger partial charge in [0.1, 0.15) is 0 Å². The second-order valence-corrected chi connectivity index (χ2v) is 3.35. The largest absolute Gasteiger partial charge is 0.469 e. The van der Waals surface area contributed by atoms with Crippen molar-refractivity contribution in [1.82, 2.24) is 5.23 Å². The first-order chi connectivity index (χ1) is 5.60. The van der Waals surface area contributed by atoms with Crippen molar-refractivity contribution in [3.63, 3.8) is 0 Å². The predicted molar refractivity (Wildman–Crippen MR) is 56.3 cm³/mol. The molecule has 2 N–H and O–H groups in total. The number of methoxy groups -OCH3 is 1. The summed E-state index contributed by atoms with van der Waals surface area (Å²) in [6, 6.07) is -0.0157. The molecule has 1 atom stereocenters. The van der Waals surface area contributed by atoms with Crippen LogP contribution in [-0.2, 0) is 9.53 Å². The fourth-order valence-corrected chi connectivity index (χ4v) is 1.35. The number of carbonyl (C=O) groups is 1. The number of carbonyl (C=O) groups excluding carboxylic acids is 1. The Balaban J connectivity index is 3.74. The zero-order valence-electron chi connectivity index (χ0n) is 7.21. The molecular weight excluding hydrogens is 272 g/mol. The van der Waals surface area contributed by atoms with Crippen molar-refractivity contribution >= 4 is 35.6 Å². The Morgan fingerprint density at radius 2 is 2.42 bits per heavy atom. The molecule has 0 heterocycles. The normalized spacial score (nSPS) is 12.3. The number of alkyl halides is 1. The van der Waals surface area contributed by atoms with Crippen molar-refractivity contribution in [2.75, 3.05) is 11.5 Å². The number of ether oxygens (including phenoxy) is 1. The van der Waals surface area contributed by atoms with E-state index >= 15 is 0 Å². The summed E-state index contributed by atoms with van der Waals surface area (Å²) in [5.74, 6) is -0.259. The topological polar surface area (TPSA) is 58.6 Å². The number of nitrogens with one attached hydrogen (secondary N) is 1. The minimum absolute atomic E-state index is 0.0157. The van der Waals surface area contributed by atoms with Gasteiger partial charge in [-0.25, -0.2) is 0 Å². The number of hydrogen-bond acceptors (Lipinski definition) is 4. The van der Waals surface area contributed by atoms with E-state index in [1.54, 1.807) is 6.82 Å². The lowest BCUT2D eigenvalue weighted by Gasteiger charge is -2.14. The molecule has 0 spiro atoms. The SMILES string of the molecule is COC(=O)C[C@@H](CI)NB(C)O. The van der Waals surface area contributed by atoms with Crippen molar-refractivity contribution in [2.24, 2.45) is 0 Å². The summed E-state index contributed by atoms with van der Waals surface area (Å²) in [6.45, 7) is 1.62. The maximum atomic E-state index is 10.8. The fourth-order valence-electron chi connectivity index (χ4n) is 0.784. The molecule has 0 amide bonds. The van der Waals surface area contributed by atoms with Crippen LogP contribution in [0, 0.1) is 0 Å². The number of rotatable bonds is 5. The van der Waals surface area contributed by atoms with E-state index in [4.69, 9.17) is 5.02 Å². The summed E-state index contributed by atoms with van der Waals surface area (Å²) >= 11 is 2.15. The molecule has 0 aliphatic rings. The van der Waals surface area contributed by atoms with Crippen molar-refractivity contribution in [2.45, 2.75) is 19.3 Å². The van der Waals surface area contributed by atoms with Gasteiger partial charge in [0.05, 0.1) is 13.5 Å². The molecule has 70 valence electrons. The van der Waals surface area contributed by atoms with Crippen LogP contribution in [0.5, 0.6) is 0 Å². The molecule has 0 aliphatic heterocycles. The summed E-state index contributed by atoms with van der Waals surface area (Å²) in [5, 5.41) is 11.8. The second kappa shape index (κ2) is 6.67. The Hall–Kier alpha value is 0.185. The van der Waals surface area contributed by atoms with Crippen LogP contribution in [0.2, 0.25) is 6.82 Å². The number of esters is 1. The molecular formula is C6H13BINO3. The maximum absolute atomic E-state index is 10.8. The molecule has 4 nitrogen and oxygen atoms in total. The Kier molecular flexibility index (Phi) is 6.78. The summed E-state index contributed by atoms with van der Waals surface area (Å²) < 4.78 is 5.26. The zero-order valence-corrected chi connectivity index (χ0v) is 9.37. The average molecular weight is 285 g/mol. The van der Waals surface area contributed by atoms with Gasteiger partial charge in [-0.3, -0.25) is 4.79 Å². The minimum atomic E-state index is -0.588. The van der Waals surface area contributed by atoms with E-state index in [-0.39, 0.29) is 12.0 Å². The van der Waals surface area contributed by atoms with Crippen LogP contribution in [0.3, 0.4) is 0 Å². The summed E-state index contributed by atoms with van der Waals surface area (Å²) in [5.41, 5.74) is 0. The first-order valence-corrected chi connectivity index (χ1v) is 5.19. The maximum Gasteiger partial charge on any atom is 0.373 e. The Labute approximate surface area is 86.3 Å². The van der Waals surface area contributed by atoms with Gasteiger partial charge >= 0.3 is 13.0 Å². The molecule has 0 fully saturated rings. The third kappa shape index (κ3) is 5.79. The van der Waals surface area contributed by atoms with Crippen molar-refractivity contribution in [3.8, 4) is 0 Å². The molecule has 0 unspecified atom stereocenters. The highest BCUT2D eigenvalue weighted by molar-refractivity contribution is 14.1. The molecule has 0 rings (SSSR count). The molecule has 12 heavy (non-hydrogen) atoms. The third-order valence-electron chi connectivity index (χ3n) is 1.30. The van der Waals surface area contributed by atoms with Gasteiger partial charge in [-0.15, -0.1) is 0 Å². The van der Waals surface area contributed by atoms with E-state index < -0.39 is 7.05 Å². The Bertz CT molecular complexity index is 145. The summed E-state index contributed by atoms with van der Waals surface area (Å²) in [6.07, 6.45) is 0.296. The fraction of sp³-hybridized carbons (Fsp3) is 0.833. The highest BCUT2D eigenvalue weighted by atomic mass is 127. The molecule has 0 aromatic rings.